The molecule has 1 aliphatic rings. The zero-order chi connectivity index (χ0) is 22.3. The maximum atomic E-state index is 13.3. The lowest BCUT2D eigenvalue weighted by atomic mass is 10.0. The van der Waals surface area contributed by atoms with E-state index in [2.05, 4.69) is 6.92 Å². The Labute approximate surface area is 184 Å². The fourth-order valence-electron chi connectivity index (χ4n) is 3.70. The monoisotopic (exact) mass is 470 g/mol. The maximum Gasteiger partial charge on any atom is 0.264 e. The van der Waals surface area contributed by atoms with Crippen molar-refractivity contribution in [1.82, 2.24) is 4.31 Å². The van der Waals surface area contributed by atoms with Crippen LogP contribution in [0.5, 0.6) is 0 Å². The van der Waals surface area contributed by atoms with Crippen LogP contribution in [0.25, 0.3) is 0 Å². The van der Waals surface area contributed by atoms with Crippen LogP contribution >= 0.6 is 11.6 Å². The van der Waals surface area contributed by atoms with Gasteiger partial charge in [0, 0.05) is 25.2 Å². The Hall–Kier alpha value is -1.61. The first-order valence-electron chi connectivity index (χ1n) is 9.80. The second-order valence-electron chi connectivity index (χ2n) is 7.92. The van der Waals surface area contributed by atoms with Gasteiger partial charge in [0.15, 0.2) is 0 Å². The summed E-state index contributed by atoms with van der Waals surface area (Å²) in [4.78, 5) is 0.236. The second kappa shape index (κ2) is 8.49. The number of nitrogens with zero attached hydrogens (tertiary/aromatic N) is 2. The van der Waals surface area contributed by atoms with Crippen molar-refractivity contribution in [2.75, 3.05) is 24.4 Å². The van der Waals surface area contributed by atoms with Crippen molar-refractivity contribution >= 4 is 37.3 Å². The maximum absolute atomic E-state index is 13.3. The first-order chi connectivity index (χ1) is 13.9. The third kappa shape index (κ3) is 4.37. The molecule has 0 radical (unpaired) electrons. The number of sulfonamides is 2. The molecule has 9 heteroatoms. The van der Waals surface area contributed by atoms with Gasteiger partial charge in [-0.2, -0.15) is 4.31 Å². The van der Waals surface area contributed by atoms with Gasteiger partial charge in [0.25, 0.3) is 10.0 Å². The minimum absolute atomic E-state index is 0.0869. The van der Waals surface area contributed by atoms with Crippen LogP contribution in [0.3, 0.4) is 0 Å². The van der Waals surface area contributed by atoms with E-state index in [1.54, 1.807) is 19.9 Å². The summed E-state index contributed by atoms with van der Waals surface area (Å²) >= 11 is 5.87. The topological polar surface area (TPSA) is 74.8 Å². The molecule has 0 unspecified atom stereocenters. The Morgan fingerprint density at radius 1 is 0.967 bits per heavy atom. The summed E-state index contributed by atoms with van der Waals surface area (Å²) in [5, 5.41) is 0.437. The minimum atomic E-state index is -3.87. The van der Waals surface area contributed by atoms with E-state index in [-0.39, 0.29) is 9.79 Å². The van der Waals surface area contributed by atoms with Gasteiger partial charge in [-0.25, -0.2) is 16.8 Å². The smallest absolute Gasteiger partial charge is 0.264 e. The molecule has 0 bridgehead atoms. The van der Waals surface area contributed by atoms with E-state index in [4.69, 9.17) is 11.6 Å². The molecular formula is C21H27ClN2O4S2. The molecule has 1 fully saturated rings. The van der Waals surface area contributed by atoms with Crippen LogP contribution in [0.4, 0.5) is 5.69 Å². The number of rotatable bonds is 5. The van der Waals surface area contributed by atoms with Crippen LogP contribution in [-0.2, 0) is 20.0 Å². The minimum Gasteiger partial charge on any atom is -0.269 e. The molecule has 3 rings (SSSR count). The van der Waals surface area contributed by atoms with Gasteiger partial charge in [-0.1, -0.05) is 24.6 Å². The lowest BCUT2D eigenvalue weighted by Crippen LogP contribution is -2.38. The van der Waals surface area contributed by atoms with Crippen molar-refractivity contribution in [3.8, 4) is 0 Å². The van der Waals surface area contributed by atoms with E-state index >= 15 is 0 Å². The highest BCUT2D eigenvalue weighted by atomic mass is 35.5. The fourth-order valence-corrected chi connectivity index (χ4v) is 6.77. The van der Waals surface area contributed by atoms with Crippen LogP contribution in [-0.4, -0.2) is 41.3 Å². The summed E-state index contributed by atoms with van der Waals surface area (Å²) in [7, 11) is -6.15. The number of anilines is 1. The highest BCUT2D eigenvalue weighted by Crippen LogP contribution is 2.33. The molecule has 1 aliphatic heterocycles. The van der Waals surface area contributed by atoms with Crippen LogP contribution in [0.15, 0.2) is 46.2 Å². The average molecular weight is 471 g/mol. The van der Waals surface area contributed by atoms with Crippen molar-refractivity contribution < 1.29 is 16.8 Å². The molecule has 6 nitrogen and oxygen atoms in total. The summed E-state index contributed by atoms with van der Waals surface area (Å²) in [5.41, 5.74) is 1.62. The molecule has 0 aromatic heterocycles. The van der Waals surface area contributed by atoms with Gasteiger partial charge in [-0.15, -0.1) is 0 Å². The molecule has 1 heterocycles. The summed E-state index contributed by atoms with van der Waals surface area (Å²) in [6, 6.07) is 9.09. The van der Waals surface area contributed by atoms with Crippen molar-refractivity contribution in [3.63, 3.8) is 0 Å². The van der Waals surface area contributed by atoms with Crippen molar-refractivity contribution in [1.29, 1.82) is 0 Å². The van der Waals surface area contributed by atoms with E-state index in [1.165, 1.54) is 41.7 Å². The Balaban J connectivity index is 2.03. The lowest BCUT2D eigenvalue weighted by Gasteiger charge is -2.30. The number of hydrogen-bond acceptors (Lipinski definition) is 4. The van der Waals surface area contributed by atoms with E-state index in [9.17, 15) is 16.8 Å². The van der Waals surface area contributed by atoms with E-state index < -0.39 is 20.0 Å². The first kappa shape index (κ1) is 23.1. The van der Waals surface area contributed by atoms with Crippen molar-refractivity contribution in [2.24, 2.45) is 5.92 Å². The summed E-state index contributed by atoms with van der Waals surface area (Å²) in [6.45, 7) is 6.59. The Kier molecular flexibility index (Phi) is 6.53. The molecule has 2 aromatic carbocycles. The molecule has 0 atom stereocenters. The van der Waals surface area contributed by atoms with Gasteiger partial charge in [0.05, 0.1) is 15.5 Å². The molecular weight excluding hydrogens is 444 g/mol. The molecule has 0 aliphatic carbocycles. The molecule has 0 amide bonds. The largest absolute Gasteiger partial charge is 0.269 e. The zero-order valence-electron chi connectivity index (χ0n) is 17.6. The van der Waals surface area contributed by atoms with E-state index in [0.717, 1.165) is 17.1 Å². The predicted octanol–water partition coefficient (Wildman–Crippen LogP) is 4.20. The van der Waals surface area contributed by atoms with Crippen molar-refractivity contribution in [2.45, 2.75) is 43.4 Å². The number of piperidine rings is 1. The molecule has 2 aromatic rings. The second-order valence-corrected chi connectivity index (χ2v) is 12.2. The van der Waals surface area contributed by atoms with Crippen molar-refractivity contribution in [3.05, 3.63) is 52.5 Å². The molecule has 164 valence electrons. The van der Waals surface area contributed by atoms with Crippen LogP contribution in [0.1, 0.15) is 30.9 Å². The number of hydrogen-bond donors (Lipinski definition) is 0. The Morgan fingerprint density at radius 2 is 1.53 bits per heavy atom. The summed E-state index contributed by atoms with van der Waals surface area (Å²) in [6.07, 6.45) is 1.64. The van der Waals surface area contributed by atoms with Gasteiger partial charge in [-0.05, 0) is 74.1 Å². The highest BCUT2D eigenvalue weighted by molar-refractivity contribution is 7.92. The van der Waals surface area contributed by atoms with Gasteiger partial charge >= 0.3 is 0 Å². The molecule has 0 saturated carbocycles. The number of halogens is 1. The zero-order valence-corrected chi connectivity index (χ0v) is 20.0. The first-order valence-corrected chi connectivity index (χ1v) is 13.1. The standard InChI is InChI=1S/C21H27ClN2O4S2/c1-15-9-11-24(12-10-15)30(27,28)21-14-20(16(2)13-17(21)3)23(4)29(25,26)19-7-5-18(22)6-8-19/h5-8,13-15H,9-12H2,1-4H3. The van der Waals surface area contributed by atoms with E-state index in [0.29, 0.717) is 40.8 Å². The Bertz CT molecular complexity index is 1140. The molecule has 0 N–H and O–H groups in total. The fraction of sp³-hybridized carbons (Fsp3) is 0.429. The van der Waals surface area contributed by atoms with Crippen LogP contribution in [0.2, 0.25) is 5.02 Å². The number of aryl methyl sites for hydroxylation is 2. The van der Waals surface area contributed by atoms with Crippen LogP contribution < -0.4 is 4.31 Å². The van der Waals surface area contributed by atoms with E-state index in [1.807, 2.05) is 0 Å². The van der Waals surface area contributed by atoms with Gasteiger partial charge < -0.3 is 0 Å². The van der Waals surface area contributed by atoms with Crippen LogP contribution in [0, 0.1) is 19.8 Å². The van der Waals surface area contributed by atoms with Gasteiger partial charge in [0.2, 0.25) is 10.0 Å². The normalized spacial score (nSPS) is 16.6. The Morgan fingerprint density at radius 3 is 2.10 bits per heavy atom. The average Bonchev–Trinajstić information content (AvgIpc) is 2.68. The van der Waals surface area contributed by atoms with Gasteiger partial charge in [-0.3, -0.25) is 4.31 Å². The summed E-state index contributed by atoms with van der Waals surface area (Å²) in [5.74, 6) is 0.502. The third-order valence-electron chi connectivity index (χ3n) is 5.67. The van der Waals surface area contributed by atoms with Gasteiger partial charge in [0.1, 0.15) is 0 Å². The number of benzene rings is 2. The summed E-state index contributed by atoms with van der Waals surface area (Å²) < 4.78 is 55.4. The highest BCUT2D eigenvalue weighted by Gasteiger charge is 2.31. The predicted molar refractivity (Wildman–Crippen MR) is 120 cm³/mol. The quantitative estimate of drug-likeness (QED) is 0.656. The third-order valence-corrected chi connectivity index (χ3v) is 9.74. The molecule has 0 spiro atoms. The SMILES string of the molecule is Cc1cc(C)c(S(=O)(=O)N2CCC(C)CC2)cc1N(C)S(=O)(=O)c1ccc(Cl)cc1. The molecule has 30 heavy (non-hydrogen) atoms. The molecule has 1 saturated heterocycles. The lowest BCUT2D eigenvalue weighted by molar-refractivity contribution is 0.288.